The first kappa shape index (κ1) is 28.7. The Labute approximate surface area is 255 Å². The lowest BCUT2D eigenvalue weighted by Gasteiger charge is -2.39. The molecule has 9 heteroatoms. The van der Waals surface area contributed by atoms with E-state index in [2.05, 4.69) is 0 Å². The van der Waals surface area contributed by atoms with E-state index in [4.69, 9.17) is 23.2 Å². The molecule has 1 atom stereocenters. The monoisotopic (exact) mass is 607 g/mol. The predicted octanol–water partition coefficient (Wildman–Crippen LogP) is 6.66. The Morgan fingerprint density at radius 3 is 2.29 bits per heavy atom. The molecule has 1 unspecified atom stereocenters. The van der Waals surface area contributed by atoms with Crippen molar-refractivity contribution in [3.63, 3.8) is 0 Å². The number of amides is 3. The fourth-order valence-electron chi connectivity index (χ4n) is 6.80. The Morgan fingerprint density at radius 1 is 0.857 bits per heavy atom. The summed E-state index contributed by atoms with van der Waals surface area (Å²) in [5.74, 6) is -0.798. The summed E-state index contributed by atoms with van der Waals surface area (Å²) in [5.41, 5.74) is 3.56. The van der Waals surface area contributed by atoms with Crippen LogP contribution in [0.1, 0.15) is 73.9 Å². The van der Waals surface area contributed by atoms with E-state index in [1.165, 1.54) is 12.1 Å². The van der Waals surface area contributed by atoms with Crippen LogP contribution < -0.4 is 0 Å². The maximum Gasteiger partial charge on any atom is 0.255 e. The van der Waals surface area contributed by atoms with Gasteiger partial charge in [0.15, 0.2) is 0 Å². The highest BCUT2D eigenvalue weighted by Crippen LogP contribution is 2.42. The Balaban J connectivity index is 1.11. The quantitative estimate of drug-likeness (QED) is 0.333. The van der Waals surface area contributed by atoms with Crippen LogP contribution in [0.3, 0.4) is 0 Å². The smallest absolute Gasteiger partial charge is 0.255 e. The average molecular weight is 609 g/mol. The summed E-state index contributed by atoms with van der Waals surface area (Å²) >= 11 is 12.4. The van der Waals surface area contributed by atoms with Crippen LogP contribution in [0.15, 0.2) is 60.7 Å². The maximum atomic E-state index is 13.7. The first-order chi connectivity index (χ1) is 20.2. The third kappa shape index (κ3) is 5.29. The molecule has 0 bridgehead atoms. The van der Waals surface area contributed by atoms with Crippen LogP contribution in [0.4, 0.5) is 4.39 Å². The van der Waals surface area contributed by atoms with Gasteiger partial charge in [0.1, 0.15) is 5.82 Å². The zero-order valence-electron chi connectivity index (χ0n) is 23.4. The molecule has 3 aromatic rings. The van der Waals surface area contributed by atoms with Gasteiger partial charge < -0.3 is 14.7 Å². The number of carbonyl (C=O) groups is 3. The van der Waals surface area contributed by atoms with Crippen LogP contribution in [0.25, 0.3) is 0 Å². The average Bonchev–Trinajstić information content (AvgIpc) is 3.60. The van der Waals surface area contributed by atoms with E-state index in [-0.39, 0.29) is 34.2 Å². The lowest BCUT2D eigenvalue weighted by atomic mass is 9.77. The van der Waals surface area contributed by atoms with Crippen molar-refractivity contribution in [2.75, 3.05) is 33.2 Å². The second-order valence-corrected chi connectivity index (χ2v) is 12.6. The van der Waals surface area contributed by atoms with Crippen molar-refractivity contribution >= 4 is 40.9 Å². The van der Waals surface area contributed by atoms with Crippen LogP contribution in [-0.2, 0) is 6.42 Å². The molecule has 0 radical (unpaired) electrons. The first-order valence-corrected chi connectivity index (χ1v) is 15.1. The van der Waals surface area contributed by atoms with E-state index in [0.29, 0.717) is 47.9 Å². The minimum atomic E-state index is -0.471. The van der Waals surface area contributed by atoms with Gasteiger partial charge >= 0.3 is 0 Å². The number of rotatable bonds is 4. The van der Waals surface area contributed by atoms with Gasteiger partial charge in [0.25, 0.3) is 17.7 Å². The molecule has 1 spiro atoms. The molecule has 2 aliphatic heterocycles. The van der Waals surface area contributed by atoms with E-state index in [1.54, 1.807) is 41.1 Å². The molecule has 3 aliphatic rings. The minimum absolute atomic E-state index is 0.00277. The third-order valence-corrected chi connectivity index (χ3v) is 9.97. The number of piperidine rings is 1. The van der Waals surface area contributed by atoms with Crippen LogP contribution in [-0.4, -0.2) is 65.6 Å². The Morgan fingerprint density at radius 2 is 1.57 bits per heavy atom. The number of halogens is 3. The molecule has 3 aromatic carbocycles. The Kier molecular flexibility index (Phi) is 7.75. The van der Waals surface area contributed by atoms with Gasteiger partial charge in [-0.15, -0.1) is 0 Å². The highest BCUT2D eigenvalue weighted by Gasteiger charge is 2.43. The van der Waals surface area contributed by atoms with Crippen LogP contribution in [0, 0.1) is 11.2 Å². The van der Waals surface area contributed by atoms with Crippen molar-refractivity contribution in [2.24, 2.45) is 5.41 Å². The van der Waals surface area contributed by atoms with E-state index < -0.39 is 5.82 Å². The molecule has 42 heavy (non-hydrogen) atoms. The van der Waals surface area contributed by atoms with Crippen molar-refractivity contribution in [3.05, 3.63) is 104 Å². The van der Waals surface area contributed by atoms with Gasteiger partial charge in [-0.1, -0.05) is 41.4 Å². The van der Waals surface area contributed by atoms with Gasteiger partial charge in [-0.05, 0) is 91.1 Å². The number of fused-ring (bicyclic) bond motifs is 1. The molecule has 6 nitrogen and oxygen atoms in total. The zero-order valence-corrected chi connectivity index (χ0v) is 24.9. The summed E-state index contributed by atoms with van der Waals surface area (Å²) in [4.78, 5) is 45.4. The molecule has 0 N–H and O–H groups in total. The fourth-order valence-corrected chi connectivity index (χ4v) is 7.26. The van der Waals surface area contributed by atoms with E-state index >= 15 is 0 Å². The van der Waals surface area contributed by atoms with E-state index in [9.17, 15) is 18.8 Å². The van der Waals surface area contributed by atoms with Crippen molar-refractivity contribution in [1.82, 2.24) is 14.7 Å². The topological polar surface area (TPSA) is 60.9 Å². The molecule has 1 aliphatic carbocycles. The summed E-state index contributed by atoms with van der Waals surface area (Å²) in [7, 11) is 1.80. The summed E-state index contributed by atoms with van der Waals surface area (Å²) in [6, 6.07) is 16.7. The first-order valence-electron chi connectivity index (χ1n) is 14.3. The van der Waals surface area contributed by atoms with Crippen molar-refractivity contribution in [3.8, 4) is 0 Å². The maximum absolute atomic E-state index is 13.7. The van der Waals surface area contributed by atoms with Gasteiger partial charge in [0, 0.05) is 38.8 Å². The van der Waals surface area contributed by atoms with Crippen LogP contribution in [0.2, 0.25) is 10.0 Å². The summed E-state index contributed by atoms with van der Waals surface area (Å²) in [5, 5.41) is 0.544. The lowest BCUT2D eigenvalue weighted by molar-refractivity contribution is 0.0565. The van der Waals surface area contributed by atoms with Gasteiger partial charge in [0.2, 0.25) is 0 Å². The van der Waals surface area contributed by atoms with Gasteiger partial charge in [0.05, 0.1) is 27.2 Å². The normalized spacial score (nSPS) is 19.2. The number of aryl methyl sites for hydroxylation is 1. The number of hydrogen-bond acceptors (Lipinski definition) is 3. The standard InChI is InChI=1S/C33H32Cl2FN3O3/c1-37(31(41)24-4-2-3-5-27(24)34)29-11-8-21-6-7-22(18-26(21)29)30(40)39-17-14-33(20-39)12-15-38(16-13-33)32(42)25-10-9-23(36)19-28(25)35/h2-7,9-10,18-19,29H,8,11-17,20H2,1H3. The van der Waals surface area contributed by atoms with Crippen molar-refractivity contribution in [1.29, 1.82) is 0 Å². The molecular formula is C33H32Cl2FN3O3. The molecule has 2 heterocycles. The lowest BCUT2D eigenvalue weighted by Crippen LogP contribution is -2.44. The minimum Gasteiger partial charge on any atom is -0.339 e. The fraction of sp³-hybridized carbons (Fsp3) is 0.364. The van der Waals surface area contributed by atoms with E-state index in [1.807, 2.05) is 23.1 Å². The summed E-state index contributed by atoms with van der Waals surface area (Å²) < 4.78 is 13.4. The molecule has 0 saturated carbocycles. The Bertz CT molecular complexity index is 1570. The molecule has 3 amide bonds. The molecule has 2 fully saturated rings. The molecule has 6 rings (SSSR count). The van der Waals surface area contributed by atoms with E-state index in [0.717, 1.165) is 49.3 Å². The number of likely N-dealkylation sites (tertiary alicyclic amines) is 2. The van der Waals surface area contributed by atoms with Gasteiger partial charge in [-0.25, -0.2) is 4.39 Å². The number of nitrogens with zero attached hydrogens (tertiary/aromatic N) is 3. The largest absolute Gasteiger partial charge is 0.339 e. The zero-order chi connectivity index (χ0) is 29.6. The second-order valence-electron chi connectivity index (χ2n) is 11.8. The number of benzene rings is 3. The highest BCUT2D eigenvalue weighted by atomic mass is 35.5. The summed E-state index contributed by atoms with van der Waals surface area (Å²) in [6.07, 6.45) is 4.12. The Hall–Kier alpha value is -3.42. The number of hydrogen-bond donors (Lipinski definition) is 0. The van der Waals surface area contributed by atoms with Crippen LogP contribution >= 0.6 is 23.2 Å². The third-order valence-electron chi connectivity index (χ3n) is 9.33. The molecule has 0 aromatic heterocycles. The van der Waals surface area contributed by atoms with Crippen molar-refractivity contribution in [2.45, 2.75) is 38.1 Å². The molecule has 2 saturated heterocycles. The van der Waals surface area contributed by atoms with Gasteiger partial charge in [-0.3, -0.25) is 14.4 Å². The second kappa shape index (κ2) is 11.3. The van der Waals surface area contributed by atoms with Gasteiger partial charge in [-0.2, -0.15) is 0 Å². The summed E-state index contributed by atoms with van der Waals surface area (Å²) in [6.45, 7) is 2.46. The highest BCUT2D eigenvalue weighted by molar-refractivity contribution is 6.34. The number of carbonyl (C=O) groups excluding carboxylic acids is 3. The predicted molar refractivity (Wildman–Crippen MR) is 161 cm³/mol. The SMILES string of the molecule is CN(C(=O)c1ccccc1Cl)C1CCc2ccc(C(=O)N3CCC4(CCN(C(=O)c5ccc(F)cc5Cl)CC4)C3)cc21. The molecular weight excluding hydrogens is 576 g/mol. The van der Waals surface area contributed by atoms with Crippen LogP contribution in [0.5, 0.6) is 0 Å². The molecule has 218 valence electrons. The van der Waals surface area contributed by atoms with Crippen molar-refractivity contribution < 1.29 is 18.8 Å².